The van der Waals surface area contributed by atoms with E-state index in [0.717, 1.165) is 38.9 Å². The van der Waals surface area contributed by atoms with Gasteiger partial charge in [-0.05, 0) is 32.2 Å². The maximum Gasteiger partial charge on any atom is 0.224 e. The van der Waals surface area contributed by atoms with Crippen LogP contribution < -0.4 is 11.1 Å². The number of piperidine rings is 1. The van der Waals surface area contributed by atoms with Gasteiger partial charge in [0.25, 0.3) is 0 Å². The third-order valence-electron chi connectivity index (χ3n) is 3.20. The summed E-state index contributed by atoms with van der Waals surface area (Å²) < 4.78 is 0. The zero-order valence-corrected chi connectivity index (χ0v) is 10.7. The molecule has 1 heterocycles. The van der Waals surface area contributed by atoms with Crippen LogP contribution in [-0.2, 0) is 4.79 Å². The first-order valence-electron chi connectivity index (χ1n) is 6.60. The lowest BCUT2D eigenvalue weighted by molar-refractivity contribution is -0.132. The Bertz CT molecular complexity index is 237. The maximum absolute atomic E-state index is 12.0. The molecule has 4 heteroatoms. The van der Waals surface area contributed by atoms with E-state index in [0.29, 0.717) is 13.0 Å². The summed E-state index contributed by atoms with van der Waals surface area (Å²) in [5.74, 6) is 0.242. The second kappa shape index (κ2) is 8.25. The van der Waals surface area contributed by atoms with Crippen molar-refractivity contribution in [3.63, 3.8) is 0 Å². The summed E-state index contributed by atoms with van der Waals surface area (Å²) >= 11 is 0. The van der Waals surface area contributed by atoms with Gasteiger partial charge in [-0.15, -0.1) is 6.58 Å². The molecule has 0 saturated carbocycles. The molecule has 98 valence electrons. The average molecular weight is 239 g/mol. The summed E-state index contributed by atoms with van der Waals surface area (Å²) in [6.07, 6.45) is 6.84. The first-order valence-corrected chi connectivity index (χ1v) is 6.60. The lowest BCUT2D eigenvalue weighted by atomic mass is 10.1. The molecule has 1 rings (SSSR count). The van der Waals surface area contributed by atoms with Crippen LogP contribution >= 0.6 is 0 Å². The number of nitrogens with one attached hydrogen (secondary N) is 1. The molecule has 1 amide bonds. The van der Waals surface area contributed by atoms with E-state index >= 15 is 0 Å². The second-order valence-electron chi connectivity index (χ2n) is 4.61. The number of nitrogens with two attached hydrogens (primary N) is 1. The Kier molecular flexibility index (Phi) is 6.89. The van der Waals surface area contributed by atoms with Crippen LogP contribution in [0.1, 0.15) is 32.1 Å². The van der Waals surface area contributed by atoms with Crippen LogP contribution in [0.4, 0.5) is 0 Å². The SMILES string of the molecule is C=CCCNC(CN)CC(=O)N1CCCCC1. The molecule has 17 heavy (non-hydrogen) atoms. The third kappa shape index (κ3) is 5.33. The number of likely N-dealkylation sites (tertiary alicyclic amines) is 1. The van der Waals surface area contributed by atoms with Crippen LogP contribution in [-0.4, -0.2) is 43.0 Å². The minimum atomic E-state index is 0.101. The number of carbonyl (C=O) groups excluding carboxylic acids is 1. The first kappa shape index (κ1) is 14.2. The van der Waals surface area contributed by atoms with Crippen molar-refractivity contribution in [3.8, 4) is 0 Å². The van der Waals surface area contributed by atoms with Crippen LogP contribution in [0.5, 0.6) is 0 Å². The largest absolute Gasteiger partial charge is 0.343 e. The molecule has 0 aromatic heterocycles. The minimum Gasteiger partial charge on any atom is -0.343 e. The topological polar surface area (TPSA) is 58.4 Å². The van der Waals surface area contributed by atoms with Gasteiger partial charge < -0.3 is 16.0 Å². The van der Waals surface area contributed by atoms with Crippen molar-refractivity contribution in [2.24, 2.45) is 5.73 Å². The zero-order chi connectivity index (χ0) is 12.5. The van der Waals surface area contributed by atoms with Crippen LogP contribution in [0.2, 0.25) is 0 Å². The molecule has 0 aliphatic carbocycles. The zero-order valence-electron chi connectivity index (χ0n) is 10.7. The molecule has 1 aliphatic rings. The fraction of sp³-hybridized carbons (Fsp3) is 0.769. The van der Waals surface area contributed by atoms with Crippen molar-refractivity contribution in [2.45, 2.75) is 38.1 Å². The Morgan fingerprint density at radius 3 is 2.71 bits per heavy atom. The summed E-state index contributed by atoms with van der Waals surface area (Å²) in [4.78, 5) is 14.0. The van der Waals surface area contributed by atoms with Gasteiger partial charge in [0.05, 0.1) is 0 Å². The Hall–Kier alpha value is -0.870. The molecular weight excluding hydrogens is 214 g/mol. The molecule has 0 radical (unpaired) electrons. The molecule has 1 atom stereocenters. The molecule has 1 saturated heterocycles. The van der Waals surface area contributed by atoms with Gasteiger partial charge in [0, 0.05) is 32.1 Å². The van der Waals surface area contributed by atoms with Gasteiger partial charge in [-0.2, -0.15) is 0 Å². The van der Waals surface area contributed by atoms with Crippen molar-refractivity contribution in [3.05, 3.63) is 12.7 Å². The number of nitrogens with zero attached hydrogens (tertiary/aromatic N) is 1. The highest BCUT2D eigenvalue weighted by Crippen LogP contribution is 2.10. The predicted molar refractivity (Wildman–Crippen MR) is 70.7 cm³/mol. The molecule has 1 aliphatic heterocycles. The Labute approximate surface area is 104 Å². The summed E-state index contributed by atoms with van der Waals surface area (Å²) in [5.41, 5.74) is 5.67. The fourth-order valence-electron chi connectivity index (χ4n) is 2.11. The van der Waals surface area contributed by atoms with Gasteiger partial charge in [0.1, 0.15) is 0 Å². The van der Waals surface area contributed by atoms with Crippen LogP contribution in [0.25, 0.3) is 0 Å². The van der Waals surface area contributed by atoms with Crippen LogP contribution in [0, 0.1) is 0 Å². The van der Waals surface area contributed by atoms with E-state index in [-0.39, 0.29) is 11.9 Å². The Morgan fingerprint density at radius 1 is 1.41 bits per heavy atom. The highest BCUT2D eigenvalue weighted by atomic mass is 16.2. The highest BCUT2D eigenvalue weighted by Gasteiger charge is 2.19. The van der Waals surface area contributed by atoms with Crippen molar-refractivity contribution in [1.82, 2.24) is 10.2 Å². The number of amides is 1. The molecule has 4 nitrogen and oxygen atoms in total. The summed E-state index contributed by atoms with van der Waals surface area (Å²) in [7, 11) is 0. The molecule has 0 aromatic rings. The van der Waals surface area contributed by atoms with E-state index in [1.165, 1.54) is 6.42 Å². The first-order chi connectivity index (χ1) is 8.27. The quantitative estimate of drug-likeness (QED) is 0.512. The van der Waals surface area contributed by atoms with Gasteiger partial charge in [0.2, 0.25) is 5.91 Å². The van der Waals surface area contributed by atoms with Gasteiger partial charge >= 0.3 is 0 Å². The lowest BCUT2D eigenvalue weighted by Gasteiger charge is -2.28. The van der Waals surface area contributed by atoms with Gasteiger partial charge in [-0.1, -0.05) is 6.08 Å². The Morgan fingerprint density at radius 2 is 2.12 bits per heavy atom. The number of rotatable bonds is 7. The van der Waals surface area contributed by atoms with E-state index in [4.69, 9.17) is 5.73 Å². The van der Waals surface area contributed by atoms with Crippen molar-refractivity contribution < 1.29 is 4.79 Å². The minimum absolute atomic E-state index is 0.101. The summed E-state index contributed by atoms with van der Waals surface area (Å²) in [6.45, 7) is 6.87. The highest BCUT2D eigenvalue weighted by molar-refractivity contribution is 5.76. The van der Waals surface area contributed by atoms with Gasteiger partial charge in [0.15, 0.2) is 0 Å². The fourth-order valence-corrected chi connectivity index (χ4v) is 2.11. The van der Waals surface area contributed by atoms with Crippen molar-refractivity contribution >= 4 is 5.91 Å². The standard InChI is InChI=1S/C13H25N3O/c1-2-3-7-15-12(11-14)10-13(17)16-8-5-4-6-9-16/h2,12,15H,1,3-11,14H2. The smallest absolute Gasteiger partial charge is 0.224 e. The van der Waals surface area contributed by atoms with Crippen molar-refractivity contribution in [1.29, 1.82) is 0 Å². The number of carbonyl (C=O) groups is 1. The number of hydrogen-bond donors (Lipinski definition) is 2. The monoisotopic (exact) mass is 239 g/mol. The predicted octanol–water partition coefficient (Wildman–Crippen LogP) is 0.882. The van der Waals surface area contributed by atoms with Gasteiger partial charge in [-0.25, -0.2) is 0 Å². The molecule has 3 N–H and O–H groups in total. The van der Waals surface area contributed by atoms with E-state index in [9.17, 15) is 4.79 Å². The summed E-state index contributed by atoms with van der Waals surface area (Å²) in [5, 5.41) is 3.30. The van der Waals surface area contributed by atoms with E-state index in [2.05, 4.69) is 11.9 Å². The van der Waals surface area contributed by atoms with Crippen molar-refractivity contribution in [2.75, 3.05) is 26.2 Å². The van der Waals surface area contributed by atoms with E-state index < -0.39 is 0 Å². The van der Waals surface area contributed by atoms with Crippen LogP contribution in [0.3, 0.4) is 0 Å². The van der Waals surface area contributed by atoms with E-state index in [1.807, 2.05) is 11.0 Å². The number of hydrogen-bond acceptors (Lipinski definition) is 3. The third-order valence-corrected chi connectivity index (χ3v) is 3.20. The molecule has 1 unspecified atom stereocenters. The normalized spacial score (nSPS) is 17.8. The average Bonchev–Trinajstić information content (AvgIpc) is 2.38. The molecular formula is C13H25N3O. The Balaban J connectivity index is 2.27. The molecule has 0 aromatic carbocycles. The second-order valence-corrected chi connectivity index (χ2v) is 4.61. The van der Waals surface area contributed by atoms with Gasteiger partial charge in [-0.3, -0.25) is 4.79 Å². The molecule has 0 bridgehead atoms. The lowest BCUT2D eigenvalue weighted by Crippen LogP contribution is -2.43. The molecule has 0 spiro atoms. The van der Waals surface area contributed by atoms with E-state index in [1.54, 1.807) is 0 Å². The maximum atomic E-state index is 12.0. The molecule has 1 fully saturated rings. The van der Waals surface area contributed by atoms with Crippen LogP contribution in [0.15, 0.2) is 12.7 Å². The summed E-state index contributed by atoms with van der Waals surface area (Å²) in [6, 6.07) is 0.101.